The predicted octanol–water partition coefficient (Wildman–Crippen LogP) is 4.86. The molecular formula is C19H31NO. The Morgan fingerprint density at radius 1 is 1.24 bits per heavy atom. The van der Waals surface area contributed by atoms with E-state index in [4.69, 9.17) is 10.5 Å². The van der Waals surface area contributed by atoms with Crippen LogP contribution in [0.3, 0.4) is 0 Å². The van der Waals surface area contributed by atoms with E-state index in [1.54, 1.807) is 0 Å². The van der Waals surface area contributed by atoms with E-state index in [0.29, 0.717) is 5.92 Å². The SMILES string of the molecule is CC(C)Oc1cccc(C2(N)CCCCC2C(C)(C)C)c1. The van der Waals surface area contributed by atoms with Crippen LogP contribution in [-0.2, 0) is 5.54 Å². The van der Waals surface area contributed by atoms with Crippen molar-refractivity contribution in [2.45, 2.75) is 71.9 Å². The van der Waals surface area contributed by atoms with Crippen LogP contribution in [0, 0.1) is 11.3 Å². The number of benzene rings is 1. The van der Waals surface area contributed by atoms with E-state index in [9.17, 15) is 0 Å². The molecule has 21 heavy (non-hydrogen) atoms. The highest BCUT2D eigenvalue weighted by molar-refractivity contribution is 5.34. The van der Waals surface area contributed by atoms with Crippen LogP contribution in [0.15, 0.2) is 24.3 Å². The van der Waals surface area contributed by atoms with Gasteiger partial charge < -0.3 is 10.5 Å². The van der Waals surface area contributed by atoms with Gasteiger partial charge in [0.15, 0.2) is 0 Å². The highest BCUT2D eigenvalue weighted by Crippen LogP contribution is 2.48. The fourth-order valence-corrected chi connectivity index (χ4v) is 3.88. The van der Waals surface area contributed by atoms with Gasteiger partial charge in [-0.05, 0) is 55.7 Å². The van der Waals surface area contributed by atoms with Crippen LogP contribution in [0.25, 0.3) is 0 Å². The topological polar surface area (TPSA) is 35.2 Å². The van der Waals surface area contributed by atoms with E-state index in [2.05, 4.69) is 52.8 Å². The summed E-state index contributed by atoms with van der Waals surface area (Å²) in [6, 6.07) is 8.44. The van der Waals surface area contributed by atoms with Gasteiger partial charge in [0, 0.05) is 5.54 Å². The van der Waals surface area contributed by atoms with Gasteiger partial charge in [0.1, 0.15) is 5.75 Å². The minimum Gasteiger partial charge on any atom is -0.491 e. The van der Waals surface area contributed by atoms with Crippen LogP contribution >= 0.6 is 0 Å². The molecule has 1 aromatic carbocycles. The first-order chi connectivity index (χ1) is 9.73. The molecule has 2 atom stereocenters. The molecule has 1 aliphatic carbocycles. The average molecular weight is 289 g/mol. The number of rotatable bonds is 3. The summed E-state index contributed by atoms with van der Waals surface area (Å²) < 4.78 is 5.86. The molecule has 2 rings (SSSR count). The Morgan fingerprint density at radius 2 is 1.95 bits per heavy atom. The smallest absolute Gasteiger partial charge is 0.120 e. The summed E-state index contributed by atoms with van der Waals surface area (Å²) in [5.74, 6) is 1.44. The van der Waals surface area contributed by atoms with Gasteiger partial charge in [-0.3, -0.25) is 0 Å². The second-order valence-electron chi connectivity index (χ2n) is 7.90. The number of hydrogen-bond acceptors (Lipinski definition) is 2. The second kappa shape index (κ2) is 6.00. The Labute approximate surface area is 130 Å². The van der Waals surface area contributed by atoms with Crippen molar-refractivity contribution in [1.82, 2.24) is 0 Å². The normalized spacial score (nSPS) is 26.9. The highest BCUT2D eigenvalue weighted by Gasteiger charge is 2.44. The zero-order valence-corrected chi connectivity index (χ0v) is 14.3. The van der Waals surface area contributed by atoms with E-state index in [0.717, 1.165) is 12.2 Å². The Balaban J connectivity index is 2.36. The van der Waals surface area contributed by atoms with Crippen molar-refractivity contribution >= 4 is 0 Å². The minimum absolute atomic E-state index is 0.193. The maximum atomic E-state index is 6.95. The lowest BCUT2D eigenvalue weighted by molar-refractivity contribution is 0.0775. The summed E-state index contributed by atoms with van der Waals surface area (Å²) in [5, 5.41) is 0. The summed E-state index contributed by atoms with van der Waals surface area (Å²) in [4.78, 5) is 0. The first-order valence-electron chi connectivity index (χ1n) is 8.29. The number of nitrogens with two attached hydrogens (primary N) is 1. The summed E-state index contributed by atoms with van der Waals surface area (Å²) >= 11 is 0. The third-order valence-corrected chi connectivity index (χ3v) is 4.74. The van der Waals surface area contributed by atoms with Gasteiger partial charge in [-0.2, -0.15) is 0 Å². The zero-order chi connectivity index (χ0) is 15.7. The largest absolute Gasteiger partial charge is 0.491 e. The van der Waals surface area contributed by atoms with Gasteiger partial charge in [-0.1, -0.05) is 45.7 Å². The van der Waals surface area contributed by atoms with Gasteiger partial charge >= 0.3 is 0 Å². The summed E-state index contributed by atoms with van der Waals surface area (Å²) in [7, 11) is 0. The maximum absolute atomic E-state index is 6.95. The molecule has 2 N–H and O–H groups in total. The molecule has 118 valence electrons. The number of hydrogen-bond donors (Lipinski definition) is 1. The van der Waals surface area contributed by atoms with Crippen molar-refractivity contribution < 1.29 is 4.74 Å². The van der Waals surface area contributed by atoms with Crippen molar-refractivity contribution in [3.8, 4) is 5.75 Å². The first kappa shape index (κ1) is 16.4. The van der Waals surface area contributed by atoms with Crippen molar-refractivity contribution in [3.05, 3.63) is 29.8 Å². The molecule has 1 saturated carbocycles. The molecule has 0 spiro atoms. The lowest BCUT2D eigenvalue weighted by atomic mass is 9.60. The fraction of sp³-hybridized carbons (Fsp3) is 0.684. The molecule has 1 fully saturated rings. The predicted molar refractivity (Wildman–Crippen MR) is 89.5 cm³/mol. The molecule has 0 radical (unpaired) electrons. The van der Waals surface area contributed by atoms with E-state index in [-0.39, 0.29) is 17.1 Å². The van der Waals surface area contributed by atoms with Crippen LogP contribution < -0.4 is 10.5 Å². The van der Waals surface area contributed by atoms with Gasteiger partial charge in [0.05, 0.1) is 6.10 Å². The molecule has 2 unspecified atom stereocenters. The molecule has 0 heterocycles. The van der Waals surface area contributed by atoms with Crippen LogP contribution in [-0.4, -0.2) is 6.10 Å². The Bertz CT molecular complexity index is 475. The molecule has 0 aromatic heterocycles. The lowest BCUT2D eigenvalue weighted by Gasteiger charge is -2.48. The van der Waals surface area contributed by atoms with Crippen molar-refractivity contribution in [2.24, 2.45) is 17.1 Å². The van der Waals surface area contributed by atoms with Crippen LogP contribution in [0.2, 0.25) is 0 Å². The molecule has 2 nitrogen and oxygen atoms in total. The van der Waals surface area contributed by atoms with E-state index < -0.39 is 0 Å². The molecule has 1 aliphatic rings. The molecule has 0 amide bonds. The molecule has 0 bridgehead atoms. The standard InChI is InChI=1S/C19H31NO/c1-14(2)21-16-10-8-9-15(13-16)19(20)12-7-6-11-17(19)18(3,4)5/h8-10,13-14,17H,6-7,11-12,20H2,1-5H3. The van der Waals surface area contributed by atoms with Crippen molar-refractivity contribution in [1.29, 1.82) is 0 Å². The Kier molecular flexibility index (Phi) is 4.67. The Hall–Kier alpha value is -1.02. The van der Waals surface area contributed by atoms with Crippen molar-refractivity contribution in [3.63, 3.8) is 0 Å². The summed E-state index contributed by atoms with van der Waals surface area (Å²) in [6.45, 7) is 11.1. The van der Waals surface area contributed by atoms with Gasteiger partial charge in [0.2, 0.25) is 0 Å². The van der Waals surface area contributed by atoms with Crippen LogP contribution in [0.1, 0.15) is 65.9 Å². The van der Waals surface area contributed by atoms with E-state index >= 15 is 0 Å². The van der Waals surface area contributed by atoms with E-state index in [1.807, 2.05) is 6.07 Å². The summed E-state index contributed by atoms with van der Waals surface area (Å²) in [5.41, 5.74) is 8.19. The third kappa shape index (κ3) is 3.60. The van der Waals surface area contributed by atoms with Crippen LogP contribution in [0.5, 0.6) is 5.75 Å². The van der Waals surface area contributed by atoms with E-state index in [1.165, 1.54) is 24.8 Å². The highest BCUT2D eigenvalue weighted by atomic mass is 16.5. The molecule has 0 aliphatic heterocycles. The zero-order valence-electron chi connectivity index (χ0n) is 14.3. The Morgan fingerprint density at radius 3 is 2.57 bits per heavy atom. The minimum atomic E-state index is -0.229. The van der Waals surface area contributed by atoms with Gasteiger partial charge in [-0.25, -0.2) is 0 Å². The molecule has 1 aromatic rings. The van der Waals surface area contributed by atoms with Crippen LogP contribution in [0.4, 0.5) is 0 Å². The second-order valence-corrected chi connectivity index (χ2v) is 7.90. The van der Waals surface area contributed by atoms with Gasteiger partial charge in [0.25, 0.3) is 0 Å². The molecular weight excluding hydrogens is 258 g/mol. The summed E-state index contributed by atoms with van der Waals surface area (Å²) in [6.07, 6.45) is 5.00. The third-order valence-electron chi connectivity index (χ3n) is 4.74. The number of ether oxygens (including phenoxy) is 1. The molecule has 2 heteroatoms. The van der Waals surface area contributed by atoms with Crippen molar-refractivity contribution in [2.75, 3.05) is 0 Å². The first-order valence-corrected chi connectivity index (χ1v) is 8.29. The quantitative estimate of drug-likeness (QED) is 0.862. The monoisotopic (exact) mass is 289 g/mol. The molecule has 0 saturated heterocycles. The lowest BCUT2D eigenvalue weighted by Crippen LogP contribution is -2.51. The fourth-order valence-electron chi connectivity index (χ4n) is 3.88. The van der Waals surface area contributed by atoms with Gasteiger partial charge in [-0.15, -0.1) is 0 Å². The maximum Gasteiger partial charge on any atom is 0.120 e. The average Bonchev–Trinajstić information content (AvgIpc) is 2.37.